The van der Waals surface area contributed by atoms with Crippen molar-refractivity contribution in [3.8, 4) is 5.75 Å². The summed E-state index contributed by atoms with van der Waals surface area (Å²) in [6.45, 7) is -0.506. The molecule has 0 spiro atoms. The second-order valence-corrected chi connectivity index (χ2v) is 6.19. The second-order valence-electron chi connectivity index (χ2n) is 4.31. The molecule has 0 aromatic heterocycles. The molecule has 0 bridgehead atoms. The average molecular weight is 318 g/mol. The van der Waals surface area contributed by atoms with E-state index < -0.39 is 28.6 Å². The van der Waals surface area contributed by atoms with Gasteiger partial charge in [-0.3, -0.25) is 9.63 Å². The van der Waals surface area contributed by atoms with Crippen LogP contribution in [0.5, 0.6) is 5.75 Å². The largest absolute Gasteiger partial charge is 0.497 e. The fourth-order valence-corrected chi connectivity index (χ4v) is 2.07. The first-order valence-corrected chi connectivity index (χ1v) is 7.81. The Morgan fingerprint density at radius 1 is 1.38 bits per heavy atom. The van der Waals surface area contributed by atoms with E-state index in [4.69, 9.17) is 20.4 Å². The van der Waals surface area contributed by atoms with Gasteiger partial charge in [-0.1, -0.05) is 16.6 Å². The molecule has 0 fully saturated rings. The van der Waals surface area contributed by atoms with Crippen LogP contribution in [0.2, 0.25) is 0 Å². The number of hydrogen-bond donors (Lipinski definition) is 2. The molecule has 9 heteroatoms. The summed E-state index contributed by atoms with van der Waals surface area (Å²) < 4.78 is 28.7. The van der Waals surface area contributed by atoms with E-state index in [1.807, 2.05) is 0 Å². The van der Waals surface area contributed by atoms with Crippen LogP contribution in [-0.2, 0) is 26.3 Å². The van der Waals surface area contributed by atoms with Gasteiger partial charge in [-0.15, -0.1) is 0 Å². The fraction of sp³-hybridized carbons (Fsp3) is 0.417. The summed E-state index contributed by atoms with van der Waals surface area (Å²) in [6.07, 6.45) is 0.912. The summed E-state index contributed by atoms with van der Waals surface area (Å²) in [5.74, 6) is -0.650. The number of sulfonamides is 1. The number of rotatable bonds is 8. The summed E-state index contributed by atoms with van der Waals surface area (Å²) in [5, 5.41) is 8.72. The van der Waals surface area contributed by atoms with Gasteiger partial charge < -0.3 is 15.6 Å². The van der Waals surface area contributed by atoms with Crippen LogP contribution in [0.1, 0.15) is 5.56 Å². The van der Waals surface area contributed by atoms with Crippen LogP contribution in [0.15, 0.2) is 24.3 Å². The molecule has 1 rings (SSSR count). The van der Waals surface area contributed by atoms with Crippen molar-refractivity contribution in [1.82, 2.24) is 4.47 Å². The Bertz CT molecular complexity index is 572. The molecule has 8 nitrogen and oxygen atoms in total. The van der Waals surface area contributed by atoms with Crippen LogP contribution in [0.3, 0.4) is 0 Å². The van der Waals surface area contributed by atoms with Gasteiger partial charge in [0.2, 0.25) is 10.0 Å². The molecule has 118 valence electrons. The van der Waals surface area contributed by atoms with Gasteiger partial charge in [0.25, 0.3) is 0 Å². The first-order valence-electron chi connectivity index (χ1n) is 5.96. The molecule has 0 aliphatic heterocycles. The minimum atomic E-state index is -3.73. The van der Waals surface area contributed by atoms with E-state index in [0.29, 0.717) is 15.8 Å². The zero-order chi connectivity index (χ0) is 16.0. The zero-order valence-corrected chi connectivity index (χ0v) is 12.5. The van der Waals surface area contributed by atoms with Gasteiger partial charge in [-0.2, -0.15) is 0 Å². The van der Waals surface area contributed by atoms with E-state index in [1.54, 1.807) is 24.3 Å². The van der Waals surface area contributed by atoms with Crippen LogP contribution >= 0.6 is 0 Å². The highest BCUT2D eigenvalue weighted by atomic mass is 32.2. The molecule has 3 N–H and O–H groups in total. The van der Waals surface area contributed by atoms with Crippen molar-refractivity contribution < 1.29 is 27.9 Å². The highest BCUT2D eigenvalue weighted by Gasteiger charge is 2.24. The number of hydroxylamine groups is 1. The van der Waals surface area contributed by atoms with E-state index in [1.165, 1.54) is 7.11 Å². The Kier molecular flexibility index (Phi) is 6.09. The average Bonchev–Trinajstić information content (AvgIpc) is 2.42. The van der Waals surface area contributed by atoms with Gasteiger partial charge >= 0.3 is 5.97 Å². The first-order chi connectivity index (χ1) is 9.74. The molecule has 0 radical (unpaired) electrons. The fourth-order valence-electron chi connectivity index (χ4n) is 1.39. The molecule has 0 aliphatic rings. The van der Waals surface area contributed by atoms with Crippen LogP contribution in [0.25, 0.3) is 0 Å². The molecule has 1 unspecified atom stereocenters. The lowest BCUT2D eigenvalue weighted by Crippen LogP contribution is -2.44. The van der Waals surface area contributed by atoms with Gasteiger partial charge in [0.15, 0.2) is 0 Å². The van der Waals surface area contributed by atoms with Crippen molar-refractivity contribution in [3.63, 3.8) is 0 Å². The monoisotopic (exact) mass is 318 g/mol. The van der Waals surface area contributed by atoms with Crippen LogP contribution in [0.4, 0.5) is 0 Å². The van der Waals surface area contributed by atoms with E-state index in [9.17, 15) is 13.2 Å². The van der Waals surface area contributed by atoms with Gasteiger partial charge in [-0.25, -0.2) is 8.42 Å². The van der Waals surface area contributed by atoms with Crippen LogP contribution in [0, 0.1) is 0 Å². The quantitative estimate of drug-likeness (QED) is 0.637. The maximum atomic E-state index is 11.5. The molecule has 0 heterocycles. The number of nitrogens with two attached hydrogens (primary N) is 1. The van der Waals surface area contributed by atoms with Gasteiger partial charge in [0, 0.05) is 0 Å². The molecule has 0 aliphatic carbocycles. The molecule has 1 aromatic rings. The summed E-state index contributed by atoms with van der Waals surface area (Å²) >= 11 is 0. The number of carbonyl (C=O) groups is 1. The first kappa shape index (κ1) is 17.4. The zero-order valence-electron chi connectivity index (χ0n) is 11.7. The summed E-state index contributed by atoms with van der Waals surface area (Å²) in [6, 6.07) is 5.45. The van der Waals surface area contributed by atoms with Crippen molar-refractivity contribution in [2.24, 2.45) is 5.73 Å². The predicted octanol–water partition coefficient (Wildman–Crippen LogP) is -0.200. The lowest BCUT2D eigenvalue weighted by Gasteiger charge is -2.21. The van der Waals surface area contributed by atoms with Gasteiger partial charge in [0.1, 0.15) is 11.8 Å². The topological polar surface area (TPSA) is 119 Å². The van der Waals surface area contributed by atoms with E-state index >= 15 is 0 Å². The number of methoxy groups -OCH3 is 1. The normalized spacial score (nSPS) is 13.1. The van der Waals surface area contributed by atoms with Crippen molar-refractivity contribution in [2.45, 2.75) is 12.6 Å². The number of benzene rings is 1. The molecular weight excluding hydrogens is 300 g/mol. The molecule has 1 atom stereocenters. The number of carboxylic acid groups (broad SMARTS) is 1. The molecule has 0 saturated heterocycles. The lowest BCUT2D eigenvalue weighted by molar-refractivity contribution is -0.143. The van der Waals surface area contributed by atoms with Crippen molar-refractivity contribution in [2.75, 3.05) is 19.9 Å². The predicted molar refractivity (Wildman–Crippen MR) is 74.9 cm³/mol. The third-order valence-electron chi connectivity index (χ3n) is 2.57. The van der Waals surface area contributed by atoms with Gasteiger partial charge in [-0.05, 0) is 17.7 Å². The third kappa shape index (κ3) is 5.68. The minimum absolute atomic E-state index is 0.0383. The molecule has 0 saturated carbocycles. The highest BCUT2D eigenvalue weighted by molar-refractivity contribution is 7.88. The van der Waals surface area contributed by atoms with E-state index in [-0.39, 0.29) is 6.61 Å². The summed E-state index contributed by atoms with van der Waals surface area (Å²) in [7, 11) is -2.20. The number of hydrogen-bond acceptors (Lipinski definition) is 6. The molecule has 21 heavy (non-hydrogen) atoms. The Morgan fingerprint density at radius 2 is 1.95 bits per heavy atom. The van der Waals surface area contributed by atoms with Crippen molar-refractivity contribution in [3.05, 3.63) is 29.8 Å². The Labute approximate surface area is 123 Å². The van der Waals surface area contributed by atoms with E-state index in [0.717, 1.165) is 6.26 Å². The van der Waals surface area contributed by atoms with Crippen LogP contribution in [-0.4, -0.2) is 49.9 Å². The maximum absolute atomic E-state index is 11.5. The van der Waals surface area contributed by atoms with Crippen molar-refractivity contribution in [1.29, 1.82) is 0 Å². The maximum Gasteiger partial charge on any atom is 0.321 e. The Balaban J connectivity index is 2.71. The smallest absolute Gasteiger partial charge is 0.321 e. The third-order valence-corrected chi connectivity index (χ3v) is 3.56. The second kappa shape index (κ2) is 7.36. The highest BCUT2D eigenvalue weighted by Crippen LogP contribution is 2.13. The minimum Gasteiger partial charge on any atom is -0.497 e. The SMILES string of the molecule is COc1ccc(CON(CC(N)C(=O)O)S(C)(=O)=O)cc1. The van der Waals surface area contributed by atoms with E-state index in [2.05, 4.69) is 0 Å². The van der Waals surface area contributed by atoms with Crippen molar-refractivity contribution >= 4 is 16.0 Å². The van der Waals surface area contributed by atoms with Gasteiger partial charge in [0.05, 0.1) is 26.5 Å². The van der Waals surface area contributed by atoms with Crippen LogP contribution < -0.4 is 10.5 Å². The lowest BCUT2D eigenvalue weighted by atomic mass is 10.2. The number of ether oxygens (including phenoxy) is 1. The molecule has 0 amide bonds. The number of carboxylic acids is 1. The standard InChI is InChI=1S/C12H18N2O6S/c1-19-10-5-3-9(4-6-10)8-20-14(21(2,17)18)7-11(13)12(15)16/h3-6,11H,7-8,13H2,1-2H3,(H,15,16). The Hall–Kier alpha value is -1.68. The summed E-state index contributed by atoms with van der Waals surface area (Å²) in [4.78, 5) is 15.8. The molecular formula is C12H18N2O6S. The number of nitrogens with zero attached hydrogens (tertiary/aromatic N) is 1. The Morgan fingerprint density at radius 3 is 2.38 bits per heavy atom. The number of aliphatic carboxylic acids is 1. The summed E-state index contributed by atoms with van der Waals surface area (Å²) in [5.41, 5.74) is 6.02. The molecule has 1 aromatic carbocycles.